The molecule has 0 amide bonds. The number of nitrogens with zero attached hydrogens (tertiary/aromatic N) is 2. The van der Waals surface area contributed by atoms with Crippen LogP contribution in [0.4, 0.5) is 5.69 Å². The van der Waals surface area contributed by atoms with Gasteiger partial charge in [-0.15, -0.1) is 0 Å². The lowest BCUT2D eigenvalue weighted by Crippen LogP contribution is -2.40. The van der Waals surface area contributed by atoms with Crippen LogP contribution >= 0.6 is 23.2 Å². The summed E-state index contributed by atoms with van der Waals surface area (Å²) in [6, 6.07) is 26.1. The zero-order chi connectivity index (χ0) is 23.9. The van der Waals surface area contributed by atoms with Gasteiger partial charge in [0.25, 0.3) is 0 Å². The lowest BCUT2D eigenvalue weighted by atomic mass is 9.90. The summed E-state index contributed by atoms with van der Waals surface area (Å²) in [4.78, 5) is 2.54. The third kappa shape index (κ3) is 6.52. The molecular formula is C29H31Cl2N3. The molecule has 0 bridgehead atoms. The van der Waals surface area contributed by atoms with Crippen LogP contribution in [-0.2, 0) is 6.42 Å². The summed E-state index contributed by atoms with van der Waals surface area (Å²) in [6.45, 7) is 7.47. The Labute approximate surface area is 213 Å². The molecule has 1 heterocycles. The van der Waals surface area contributed by atoms with Gasteiger partial charge in [0.1, 0.15) is 0 Å². The van der Waals surface area contributed by atoms with Crippen molar-refractivity contribution in [3.05, 3.63) is 118 Å². The largest absolute Gasteiger partial charge is 0.303 e. The van der Waals surface area contributed by atoms with Crippen LogP contribution in [0.2, 0.25) is 10.0 Å². The first-order valence-corrected chi connectivity index (χ1v) is 12.5. The summed E-state index contributed by atoms with van der Waals surface area (Å²) in [5.41, 5.74) is 5.38. The molecule has 0 unspecified atom stereocenters. The van der Waals surface area contributed by atoms with Gasteiger partial charge in [0.2, 0.25) is 0 Å². The van der Waals surface area contributed by atoms with E-state index >= 15 is 0 Å². The molecule has 1 aliphatic heterocycles. The summed E-state index contributed by atoms with van der Waals surface area (Å²) in [5, 5.41) is 3.33. The first-order valence-electron chi connectivity index (χ1n) is 11.7. The Morgan fingerprint density at radius 2 is 1.50 bits per heavy atom. The number of allylic oxidation sites excluding steroid dienone is 3. The zero-order valence-corrected chi connectivity index (χ0v) is 20.8. The molecule has 3 aromatic rings. The third-order valence-electron chi connectivity index (χ3n) is 6.49. The van der Waals surface area contributed by atoms with Crippen molar-refractivity contribution >= 4 is 34.5 Å². The number of halogens is 2. The van der Waals surface area contributed by atoms with E-state index in [1.54, 1.807) is 0 Å². The second kappa shape index (κ2) is 11.7. The number of anilines is 1. The van der Waals surface area contributed by atoms with E-state index in [0.29, 0.717) is 5.92 Å². The number of hydrogen-bond donors (Lipinski definition) is 1. The average Bonchev–Trinajstić information content (AvgIpc) is 2.88. The van der Waals surface area contributed by atoms with Gasteiger partial charge in [0.15, 0.2) is 0 Å². The Kier molecular flexibility index (Phi) is 8.47. The van der Waals surface area contributed by atoms with Gasteiger partial charge in [0, 0.05) is 28.2 Å². The minimum absolute atomic E-state index is 0.362. The second-order valence-electron chi connectivity index (χ2n) is 8.80. The Hall–Kier alpha value is -2.56. The minimum atomic E-state index is 0.362. The molecule has 0 atom stereocenters. The highest BCUT2D eigenvalue weighted by molar-refractivity contribution is 6.30. The number of hydrogen-bond acceptors (Lipinski definition) is 3. The monoisotopic (exact) mass is 491 g/mol. The molecule has 1 saturated heterocycles. The maximum atomic E-state index is 6.68. The lowest BCUT2D eigenvalue weighted by molar-refractivity contribution is 0.199. The predicted molar refractivity (Wildman–Crippen MR) is 146 cm³/mol. The van der Waals surface area contributed by atoms with E-state index in [2.05, 4.69) is 29.7 Å². The van der Waals surface area contributed by atoms with Crippen molar-refractivity contribution in [3.63, 3.8) is 0 Å². The fourth-order valence-corrected chi connectivity index (χ4v) is 4.69. The van der Waals surface area contributed by atoms with Gasteiger partial charge in [0.05, 0.1) is 5.69 Å². The van der Waals surface area contributed by atoms with E-state index in [-0.39, 0.29) is 0 Å². The normalized spacial score (nSPS) is 15.3. The molecular weight excluding hydrogens is 461 g/mol. The van der Waals surface area contributed by atoms with E-state index in [1.165, 1.54) is 5.56 Å². The summed E-state index contributed by atoms with van der Waals surface area (Å²) >= 11 is 12.1. The van der Waals surface area contributed by atoms with E-state index < -0.39 is 0 Å². The van der Waals surface area contributed by atoms with Gasteiger partial charge in [-0.25, -0.2) is 5.84 Å². The van der Waals surface area contributed by atoms with E-state index in [4.69, 9.17) is 29.0 Å². The Bertz CT molecular complexity index is 1100. The summed E-state index contributed by atoms with van der Waals surface area (Å²) < 4.78 is 0. The van der Waals surface area contributed by atoms with Gasteiger partial charge in [-0.1, -0.05) is 72.2 Å². The maximum absolute atomic E-state index is 6.68. The van der Waals surface area contributed by atoms with Crippen LogP contribution in [0.1, 0.15) is 24.0 Å². The highest BCUT2D eigenvalue weighted by atomic mass is 35.5. The molecule has 0 aliphatic carbocycles. The lowest BCUT2D eigenvalue weighted by Gasteiger charge is -2.36. The van der Waals surface area contributed by atoms with Gasteiger partial charge < -0.3 is 4.90 Å². The van der Waals surface area contributed by atoms with Gasteiger partial charge in [-0.3, -0.25) is 5.01 Å². The molecule has 0 radical (unpaired) electrons. The summed E-state index contributed by atoms with van der Waals surface area (Å²) in [5.74, 6) is 7.04. The fourth-order valence-electron chi connectivity index (χ4n) is 4.44. The second-order valence-corrected chi connectivity index (χ2v) is 9.67. The standard InChI is InChI=1S/C29H31Cl2N3/c1-22(24-9-13-27(31)14-10-24)21-29(34(32)28-5-3-2-4-6-28)25-16-19-33(20-17-25)18-15-23-7-11-26(30)12-8-23/h2-14,21,25H,1,15-20,32H2. The Morgan fingerprint density at radius 3 is 2.12 bits per heavy atom. The highest BCUT2D eigenvalue weighted by Gasteiger charge is 2.25. The van der Waals surface area contributed by atoms with Gasteiger partial charge >= 0.3 is 0 Å². The van der Waals surface area contributed by atoms with E-state index in [1.807, 2.05) is 71.7 Å². The molecule has 5 heteroatoms. The van der Waals surface area contributed by atoms with Crippen LogP contribution in [0, 0.1) is 5.92 Å². The van der Waals surface area contributed by atoms with Gasteiger partial charge in [-0.05, 0) is 91.5 Å². The molecule has 0 aromatic heterocycles. The summed E-state index contributed by atoms with van der Waals surface area (Å²) in [7, 11) is 0. The molecule has 3 nitrogen and oxygen atoms in total. The van der Waals surface area contributed by atoms with Crippen LogP contribution in [0.5, 0.6) is 0 Å². The molecule has 4 rings (SSSR count). The molecule has 3 aromatic carbocycles. The molecule has 0 spiro atoms. The van der Waals surface area contributed by atoms with Crippen molar-refractivity contribution in [1.29, 1.82) is 0 Å². The first kappa shape index (κ1) is 24.6. The average molecular weight is 492 g/mol. The molecule has 176 valence electrons. The van der Waals surface area contributed by atoms with Crippen LogP contribution in [0.25, 0.3) is 5.57 Å². The molecule has 1 aliphatic rings. The molecule has 0 saturated carbocycles. The van der Waals surface area contributed by atoms with Crippen molar-refractivity contribution in [2.75, 3.05) is 24.6 Å². The molecule has 1 fully saturated rings. The smallest absolute Gasteiger partial charge is 0.0571 e. The number of para-hydroxylation sites is 1. The Morgan fingerprint density at radius 1 is 0.912 bits per heavy atom. The van der Waals surface area contributed by atoms with Crippen LogP contribution in [-0.4, -0.2) is 24.5 Å². The SMILES string of the molecule is C=C(C=C(C1CCN(CCc2ccc(Cl)cc2)CC1)N(N)c1ccccc1)c1ccc(Cl)cc1. The van der Waals surface area contributed by atoms with Crippen molar-refractivity contribution in [1.82, 2.24) is 4.90 Å². The third-order valence-corrected chi connectivity index (χ3v) is 6.99. The molecule has 34 heavy (non-hydrogen) atoms. The van der Waals surface area contributed by atoms with Crippen LogP contribution in [0.3, 0.4) is 0 Å². The minimum Gasteiger partial charge on any atom is -0.303 e. The number of piperidine rings is 1. The maximum Gasteiger partial charge on any atom is 0.0571 e. The summed E-state index contributed by atoms with van der Waals surface area (Å²) in [6.07, 6.45) is 5.29. The van der Waals surface area contributed by atoms with E-state index in [0.717, 1.165) is 71.5 Å². The zero-order valence-electron chi connectivity index (χ0n) is 19.3. The fraction of sp³-hybridized carbons (Fsp3) is 0.241. The quantitative estimate of drug-likeness (QED) is 0.205. The first-order chi connectivity index (χ1) is 16.5. The number of benzene rings is 3. The molecule has 2 N–H and O–H groups in total. The van der Waals surface area contributed by atoms with Crippen molar-refractivity contribution in [2.24, 2.45) is 11.8 Å². The van der Waals surface area contributed by atoms with Crippen molar-refractivity contribution in [2.45, 2.75) is 19.3 Å². The topological polar surface area (TPSA) is 32.5 Å². The highest BCUT2D eigenvalue weighted by Crippen LogP contribution is 2.31. The van der Waals surface area contributed by atoms with Crippen molar-refractivity contribution < 1.29 is 0 Å². The number of likely N-dealkylation sites (tertiary alicyclic amines) is 1. The number of nitrogens with two attached hydrogens (primary N) is 1. The van der Waals surface area contributed by atoms with E-state index in [9.17, 15) is 0 Å². The van der Waals surface area contributed by atoms with Gasteiger partial charge in [-0.2, -0.15) is 0 Å². The van der Waals surface area contributed by atoms with Crippen molar-refractivity contribution in [3.8, 4) is 0 Å². The predicted octanol–water partition coefficient (Wildman–Crippen LogP) is 7.23. The Balaban J connectivity index is 1.46. The number of hydrazine groups is 1. The van der Waals surface area contributed by atoms with Crippen LogP contribution in [0.15, 0.2) is 97.2 Å². The number of rotatable bonds is 8. The van der Waals surface area contributed by atoms with Crippen LogP contribution < -0.4 is 10.9 Å².